The van der Waals surface area contributed by atoms with Crippen LogP contribution in [0.25, 0.3) is 0 Å². The van der Waals surface area contributed by atoms with Gasteiger partial charge in [-0.15, -0.1) is 6.58 Å². The monoisotopic (exact) mass is 329 g/mol. The van der Waals surface area contributed by atoms with Gasteiger partial charge in [-0.2, -0.15) is 0 Å². The number of carbonyl (C=O) groups is 1. The summed E-state index contributed by atoms with van der Waals surface area (Å²) in [5, 5.41) is 3.24. The summed E-state index contributed by atoms with van der Waals surface area (Å²) in [6.45, 7) is 13.0. The molecule has 0 bridgehead atoms. The fourth-order valence-corrected chi connectivity index (χ4v) is 6.76. The summed E-state index contributed by atoms with van der Waals surface area (Å²) in [4.78, 5) is 11.7. The third kappa shape index (κ3) is 2.40. The number of rotatable bonds is 1. The molecule has 0 spiro atoms. The maximum Gasteiger partial charge on any atom is 0.243 e. The highest BCUT2D eigenvalue weighted by Gasteiger charge is 2.59. The van der Waals surface area contributed by atoms with Crippen LogP contribution in [0.1, 0.15) is 66.2 Å². The van der Waals surface area contributed by atoms with E-state index in [2.05, 4.69) is 37.9 Å². The van der Waals surface area contributed by atoms with Crippen molar-refractivity contribution >= 4 is 5.91 Å². The Hall–Kier alpha value is -1.05. The Balaban J connectivity index is 0.000000815. The average Bonchev–Trinajstić information content (AvgIpc) is 2.93. The van der Waals surface area contributed by atoms with Crippen LogP contribution in [-0.4, -0.2) is 11.9 Å². The van der Waals surface area contributed by atoms with E-state index >= 15 is 0 Å². The fourth-order valence-electron chi connectivity index (χ4n) is 6.76. The van der Waals surface area contributed by atoms with E-state index in [0.717, 1.165) is 24.2 Å². The van der Waals surface area contributed by atoms with Crippen LogP contribution in [-0.2, 0) is 4.79 Å². The lowest BCUT2D eigenvalue weighted by molar-refractivity contribution is -0.122. The van der Waals surface area contributed by atoms with Crippen LogP contribution in [0, 0.1) is 34.5 Å². The maximum atomic E-state index is 11.7. The number of hydrogen-bond donors (Lipinski definition) is 1. The molecule has 3 saturated carbocycles. The van der Waals surface area contributed by atoms with E-state index in [0.29, 0.717) is 17.4 Å². The first-order valence-electron chi connectivity index (χ1n) is 10.1. The second kappa shape index (κ2) is 6.35. The quantitative estimate of drug-likeness (QED) is 0.665. The molecule has 0 aromatic carbocycles. The van der Waals surface area contributed by atoms with Crippen molar-refractivity contribution in [2.45, 2.75) is 72.3 Å². The van der Waals surface area contributed by atoms with E-state index in [1.807, 2.05) is 13.8 Å². The van der Waals surface area contributed by atoms with Crippen molar-refractivity contribution in [1.29, 1.82) is 0 Å². The lowest BCUT2D eigenvalue weighted by atomic mass is 9.48. The first-order chi connectivity index (χ1) is 11.5. The summed E-state index contributed by atoms with van der Waals surface area (Å²) in [6.07, 6.45) is 14.1. The zero-order valence-electron chi connectivity index (χ0n) is 16.0. The minimum Gasteiger partial charge on any atom is -0.349 e. The first-order valence-corrected chi connectivity index (χ1v) is 10.1. The van der Waals surface area contributed by atoms with Crippen molar-refractivity contribution < 1.29 is 4.79 Å². The molecular formula is C22H35NO. The van der Waals surface area contributed by atoms with Crippen LogP contribution in [0.5, 0.6) is 0 Å². The summed E-state index contributed by atoms with van der Waals surface area (Å²) < 4.78 is 0. The Morgan fingerprint density at radius 1 is 1.12 bits per heavy atom. The van der Waals surface area contributed by atoms with E-state index < -0.39 is 0 Å². The number of nitrogens with one attached hydrogen (secondary N) is 1. The molecule has 0 radical (unpaired) electrons. The highest BCUT2D eigenvalue weighted by atomic mass is 16.1. The van der Waals surface area contributed by atoms with E-state index in [4.69, 9.17) is 0 Å². The highest BCUT2D eigenvalue weighted by molar-refractivity contribution is 5.89. The van der Waals surface area contributed by atoms with Crippen molar-refractivity contribution in [3.05, 3.63) is 24.8 Å². The van der Waals surface area contributed by atoms with Gasteiger partial charge < -0.3 is 5.32 Å². The van der Waals surface area contributed by atoms with Crippen molar-refractivity contribution in [1.82, 2.24) is 5.32 Å². The standard InChI is InChI=1S/C20H29NO.C2H6/c1-4-13-5-7-15-14-6-8-17-20(3,12-10-18(22)21-17)16(14)9-11-19(13,15)2;1-2/h4,10,12-17H,1,5-9,11H2,2-3H3,(H,21,22);1-2H3. The molecule has 1 heterocycles. The summed E-state index contributed by atoms with van der Waals surface area (Å²) in [5.41, 5.74) is 0.651. The van der Waals surface area contributed by atoms with Crippen LogP contribution in [0.2, 0.25) is 0 Å². The maximum absolute atomic E-state index is 11.7. The molecule has 1 N–H and O–H groups in total. The molecule has 2 nitrogen and oxygen atoms in total. The SMILES string of the molecule is C=CC1CCC2C3CCC4NC(=O)C=CC4(C)C3CCC12C.CC. The highest BCUT2D eigenvalue weighted by Crippen LogP contribution is 2.65. The smallest absolute Gasteiger partial charge is 0.243 e. The molecular weight excluding hydrogens is 294 g/mol. The Morgan fingerprint density at radius 3 is 2.58 bits per heavy atom. The number of fused-ring (bicyclic) bond motifs is 5. The van der Waals surface area contributed by atoms with Gasteiger partial charge in [0.15, 0.2) is 0 Å². The second-order valence-electron chi connectivity index (χ2n) is 8.68. The lowest BCUT2D eigenvalue weighted by Gasteiger charge is -2.58. The predicted octanol–water partition coefficient (Wildman–Crippen LogP) is 5.11. The van der Waals surface area contributed by atoms with Gasteiger partial charge in [0.2, 0.25) is 5.91 Å². The number of hydrogen-bond acceptors (Lipinski definition) is 1. The number of allylic oxidation sites excluding steroid dienone is 1. The van der Waals surface area contributed by atoms with Crippen LogP contribution in [0.15, 0.2) is 24.8 Å². The molecule has 0 aromatic heterocycles. The van der Waals surface area contributed by atoms with Crippen molar-refractivity contribution in [3.63, 3.8) is 0 Å². The number of amides is 1. The molecule has 7 atom stereocenters. The van der Waals surface area contributed by atoms with Gasteiger partial charge >= 0.3 is 0 Å². The Bertz CT molecular complexity index is 538. The topological polar surface area (TPSA) is 29.1 Å². The molecule has 0 saturated heterocycles. The molecule has 1 aliphatic heterocycles. The number of carbonyl (C=O) groups excluding carboxylic acids is 1. The molecule has 3 aliphatic carbocycles. The molecule has 24 heavy (non-hydrogen) atoms. The van der Waals surface area contributed by atoms with E-state index in [1.165, 1.54) is 32.1 Å². The van der Waals surface area contributed by atoms with Crippen LogP contribution < -0.4 is 5.32 Å². The second-order valence-corrected chi connectivity index (χ2v) is 8.68. The first kappa shape index (κ1) is 17.8. The van der Waals surface area contributed by atoms with Gasteiger partial charge in [-0.1, -0.05) is 39.8 Å². The fraction of sp³-hybridized carbons (Fsp3) is 0.773. The molecule has 1 amide bonds. The Morgan fingerprint density at radius 2 is 1.88 bits per heavy atom. The molecule has 4 rings (SSSR count). The summed E-state index contributed by atoms with van der Waals surface area (Å²) in [7, 11) is 0. The van der Waals surface area contributed by atoms with Gasteiger partial charge in [-0.25, -0.2) is 0 Å². The van der Waals surface area contributed by atoms with E-state index in [1.54, 1.807) is 6.08 Å². The van der Waals surface area contributed by atoms with E-state index in [9.17, 15) is 4.79 Å². The van der Waals surface area contributed by atoms with Crippen LogP contribution in [0.4, 0.5) is 0 Å². The molecule has 134 valence electrons. The summed E-state index contributed by atoms with van der Waals surface area (Å²) in [6, 6.07) is 0.354. The summed E-state index contributed by atoms with van der Waals surface area (Å²) in [5.74, 6) is 3.26. The van der Waals surface area contributed by atoms with Crippen LogP contribution in [0.3, 0.4) is 0 Å². The average molecular weight is 330 g/mol. The van der Waals surface area contributed by atoms with Crippen LogP contribution >= 0.6 is 0 Å². The van der Waals surface area contributed by atoms with Gasteiger partial charge in [-0.3, -0.25) is 4.79 Å². The normalized spacial score (nSPS) is 49.0. The van der Waals surface area contributed by atoms with Crippen molar-refractivity contribution in [2.24, 2.45) is 34.5 Å². The molecule has 4 aliphatic rings. The largest absolute Gasteiger partial charge is 0.349 e. The minimum absolute atomic E-state index is 0.106. The third-order valence-electron chi connectivity index (χ3n) is 8.04. The molecule has 3 fully saturated rings. The molecule has 2 heteroatoms. The predicted molar refractivity (Wildman–Crippen MR) is 100 cm³/mol. The molecule has 0 aromatic rings. The summed E-state index contributed by atoms with van der Waals surface area (Å²) >= 11 is 0. The Labute approximate surface area is 148 Å². The Kier molecular flexibility index (Phi) is 4.70. The van der Waals surface area contributed by atoms with Crippen molar-refractivity contribution in [2.75, 3.05) is 0 Å². The van der Waals surface area contributed by atoms with Gasteiger partial charge in [0.05, 0.1) is 0 Å². The van der Waals surface area contributed by atoms with Gasteiger partial charge in [-0.05, 0) is 73.7 Å². The third-order valence-corrected chi connectivity index (χ3v) is 8.04. The van der Waals surface area contributed by atoms with Gasteiger partial charge in [0.25, 0.3) is 0 Å². The van der Waals surface area contributed by atoms with Crippen molar-refractivity contribution in [3.8, 4) is 0 Å². The van der Waals surface area contributed by atoms with E-state index in [-0.39, 0.29) is 11.3 Å². The zero-order valence-corrected chi connectivity index (χ0v) is 16.0. The zero-order chi connectivity index (χ0) is 17.5. The van der Waals surface area contributed by atoms with Gasteiger partial charge in [0, 0.05) is 11.5 Å². The van der Waals surface area contributed by atoms with Gasteiger partial charge in [0.1, 0.15) is 0 Å². The minimum atomic E-state index is 0.106. The lowest BCUT2D eigenvalue weighted by Crippen LogP contribution is -2.59. The molecule has 7 unspecified atom stereocenters.